The summed E-state index contributed by atoms with van der Waals surface area (Å²) in [7, 11) is 0. The van der Waals surface area contributed by atoms with Crippen LogP contribution in [0.15, 0.2) is 6.33 Å². The normalized spacial score (nSPS) is 26.7. The summed E-state index contributed by atoms with van der Waals surface area (Å²) >= 11 is 1.68. The fraction of sp³-hybridized carbons (Fsp3) is 0.652. The smallest absolute Gasteiger partial charge is 0.225 e. The van der Waals surface area contributed by atoms with Gasteiger partial charge >= 0.3 is 0 Å². The van der Waals surface area contributed by atoms with Gasteiger partial charge in [0.2, 0.25) is 5.88 Å². The number of carbonyl (C=O) groups is 2. The van der Waals surface area contributed by atoms with Gasteiger partial charge in [-0.05, 0) is 50.0 Å². The van der Waals surface area contributed by atoms with Gasteiger partial charge in [0.1, 0.15) is 17.3 Å². The van der Waals surface area contributed by atoms with E-state index in [1.54, 1.807) is 17.7 Å². The second kappa shape index (κ2) is 8.92. The lowest BCUT2D eigenvalue weighted by Gasteiger charge is -2.38. The van der Waals surface area contributed by atoms with Crippen LogP contribution in [0.2, 0.25) is 0 Å². The maximum atomic E-state index is 12.1. The van der Waals surface area contributed by atoms with E-state index in [-0.39, 0.29) is 30.0 Å². The molecule has 0 radical (unpaired) electrons. The zero-order chi connectivity index (χ0) is 21.4. The van der Waals surface area contributed by atoms with Crippen molar-refractivity contribution in [1.82, 2.24) is 14.9 Å². The molecule has 0 bridgehead atoms. The van der Waals surface area contributed by atoms with Crippen LogP contribution in [0.4, 0.5) is 0 Å². The van der Waals surface area contributed by atoms with Gasteiger partial charge in [0.05, 0.1) is 18.6 Å². The van der Waals surface area contributed by atoms with E-state index in [9.17, 15) is 9.59 Å². The Hall–Kier alpha value is -1.90. The summed E-state index contributed by atoms with van der Waals surface area (Å²) in [4.78, 5) is 37.3. The third-order valence-electron chi connectivity index (χ3n) is 7.00. The van der Waals surface area contributed by atoms with Gasteiger partial charge in [-0.3, -0.25) is 14.5 Å². The molecule has 166 valence electrons. The molecule has 0 amide bonds. The van der Waals surface area contributed by atoms with Crippen LogP contribution in [0.1, 0.15) is 61.8 Å². The molecule has 1 aliphatic heterocycles. The molecule has 3 heterocycles. The molecule has 0 N–H and O–H groups in total. The molecule has 0 aromatic carbocycles. The lowest BCUT2D eigenvalue weighted by atomic mass is 9.91. The number of hydrogen-bond donors (Lipinski definition) is 0. The Kier molecular flexibility index (Phi) is 6.03. The van der Waals surface area contributed by atoms with Crippen LogP contribution in [-0.2, 0) is 20.7 Å². The van der Waals surface area contributed by atoms with Crippen LogP contribution in [0.5, 0.6) is 5.88 Å². The molecule has 7 nitrogen and oxygen atoms in total. The third-order valence-corrected chi connectivity index (χ3v) is 8.18. The second-order valence-electron chi connectivity index (χ2n) is 8.91. The minimum absolute atomic E-state index is 0.0607. The molecular formula is C23H29N3O4S. The molecule has 1 saturated heterocycles. The summed E-state index contributed by atoms with van der Waals surface area (Å²) in [6.07, 6.45) is 8.15. The monoisotopic (exact) mass is 443 g/mol. The highest BCUT2D eigenvalue weighted by Crippen LogP contribution is 2.47. The van der Waals surface area contributed by atoms with Crippen LogP contribution in [0.25, 0.3) is 10.2 Å². The topological polar surface area (TPSA) is 81.6 Å². The van der Waals surface area contributed by atoms with E-state index in [2.05, 4.69) is 14.9 Å². The molecule has 31 heavy (non-hydrogen) atoms. The Labute approximate surface area is 186 Å². The molecule has 3 aliphatic rings. The van der Waals surface area contributed by atoms with Crippen molar-refractivity contribution in [2.45, 2.75) is 69.9 Å². The first-order chi connectivity index (χ1) is 15.1. The number of Topliss-reactive ketones (excluding diaryl/α,β-unsaturated/α-hetero) is 2. The molecule has 2 aromatic heterocycles. The Bertz CT molecular complexity index is 977. The number of hydrogen-bond acceptors (Lipinski definition) is 8. The molecule has 0 unspecified atom stereocenters. The largest absolute Gasteiger partial charge is 0.474 e. The second-order valence-corrected chi connectivity index (χ2v) is 10.00. The lowest BCUT2D eigenvalue weighted by molar-refractivity contribution is -0.135. The number of aromatic nitrogens is 2. The molecule has 5 rings (SSSR count). The van der Waals surface area contributed by atoms with Crippen molar-refractivity contribution in [3.8, 4) is 5.88 Å². The van der Waals surface area contributed by atoms with Gasteiger partial charge in [-0.25, -0.2) is 9.97 Å². The zero-order valence-electron chi connectivity index (χ0n) is 18.0. The first kappa shape index (κ1) is 21.0. The number of morpholine rings is 1. The first-order valence-electron chi connectivity index (χ1n) is 11.4. The van der Waals surface area contributed by atoms with Crippen LogP contribution in [0, 0.1) is 0 Å². The van der Waals surface area contributed by atoms with Crippen molar-refractivity contribution < 1.29 is 19.1 Å². The van der Waals surface area contributed by atoms with Crippen molar-refractivity contribution in [3.63, 3.8) is 0 Å². The van der Waals surface area contributed by atoms with Gasteiger partial charge in [0.25, 0.3) is 0 Å². The lowest BCUT2D eigenvalue weighted by Crippen LogP contribution is -2.46. The van der Waals surface area contributed by atoms with Gasteiger partial charge in [-0.2, -0.15) is 0 Å². The molecule has 2 aliphatic carbocycles. The molecule has 2 aromatic rings. The zero-order valence-corrected chi connectivity index (χ0v) is 18.8. The van der Waals surface area contributed by atoms with Crippen LogP contribution in [0.3, 0.4) is 0 Å². The summed E-state index contributed by atoms with van der Waals surface area (Å²) in [5, 5.41) is 0.969. The Morgan fingerprint density at radius 3 is 2.68 bits per heavy atom. The van der Waals surface area contributed by atoms with Gasteiger partial charge in [0, 0.05) is 37.4 Å². The highest BCUT2D eigenvalue weighted by atomic mass is 32.1. The minimum atomic E-state index is -0.363. The van der Waals surface area contributed by atoms with Crippen LogP contribution in [-0.4, -0.2) is 64.9 Å². The number of thiophene rings is 1. The number of nitrogens with zero attached hydrogens (tertiary/aromatic N) is 3. The Morgan fingerprint density at radius 1 is 1.16 bits per heavy atom. The van der Waals surface area contributed by atoms with Gasteiger partial charge in [0.15, 0.2) is 11.6 Å². The molecule has 0 spiro atoms. The van der Waals surface area contributed by atoms with E-state index < -0.39 is 0 Å². The minimum Gasteiger partial charge on any atom is -0.474 e. The highest BCUT2D eigenvalue weighted by molar-refractivity contribution is 7.19. The van der Waals surface area contributed by atoms with E-state index in [4.69, 9.17) is 9.47 Å². The van der Waals surface area contributed by atoms with Crippen molar-refractivity contribution in [1.29, 1.82) is 0 Å². The molecule has 2 fully saturated rings. The van der Waals surface area contributed by atoms with Crippen molar-refractivity contribution in [2.75, 3.05) is 26.3 Å². The Balaban J connectivity index is 1.32. The van der Waals surface area contributed by atoms with Gasteiger partial charge < -0.3 is 9.47 Å². The number of carbonyl (C=O) groups excluding carboxylic acids is 2. The molecule has 1 atom stereocenters. The summed E-state index contributed by atoms with van der Waals surface area (Å²) in [5.74, 6) is 0.0562. The van der Waals surface area contributed by atoms with Gasteiger partial charge in [-0.15, -0.1) is 11.3 Å². The van der Waals surface area contributed by atoms with Crippen LogP contribution < -0.4 is 4.74 Å². The average Bonchev–Trinajstić information content (AvgIpc) is 3.35. The number of ketones is 2. The van der Waals surface area contributed by atoms with Gasteiger partial charge in [-0.1, -0.05) is 0 Å². The molecular weight excluding hydrogens is 414 g/mol. The van der Waals surface area contributed by atoms with E-state index in [1.807, 2.05) is 0 Å². The fourth-order valence-corrected chi connectivity index (χ4v) is 6.56. The predicted octanol–water partition coefficient (Wildman–Crippen LogP) is 3.29. The quantitative estimate of drug-likeness (QED) is 0.634. The Morgan fingerprint density at radius 2 is 1.94 bits per heavy atom. The first-order valence-corrected chi connectivity index (χ1v) is 12.2. The summed E-state index contributed by atoms with van der Waals surface area (Å²) in [6.45, 7) is 5.10. The highest BCUT2D eigenvalue weighted by Gasteiger charge is 2.33. The summed E-state index contributed by atoms with van der Waals surface area (Å²) in [6, 6.07) is 0.626. The van der Waals surface area contributed by atoms with Crippen molar-refractivity contribution >= 4 is 33.1 Å². The summed E-state index contributed by atoms with van der Waals surface area (Å²) in [5.41, 5.74) is 1.15. The number of fused-ring (bicyclic) bond motifs is 3. The maximum absolute atomic E-state index is 12.1. The maximum Gasteiger partial charge on any atom is 0.225 e. The number of ether oxygens (including phenoxy) is 2. The SMILES string of the molecule is CC(=O)C(=O)C[C@H]1CCc2sc3ncnc(OC4CCC(N5CCOCC5)CC4)c3c21. The van der Waals surface area contributed by atoms with E-state index in [0.717, 1.165) is 80.6 Å². The summed E-state index contributed by atoms with van der Waals surface area (Å²) < 4.78 is 11.9. The van der Waals surface area contributed by atoms with Crippen LogP contribution >= 0.6 is 11.3 Å². The average molecular weight is 444 g/mol. The predicted molar refractivity (Wildman–Crippen MR) is 118 cm³/mol. The van der Waals surface area contributed by atoms with E-state index >= 15 is 0 Å². The molecule has 8 heteroatoms. The third kappa shape index (κ3) is 4.25. The fourth-order valence-electron chi connectivity index (χ4n) is 5.33. The van der Waals surface area contributed by atoms with Crippen molar-refractivity contribution in [3.05, 3.63) is 16.8 Å². The van der Waals surface area contributed by atoms with E-state index in [1.165, 1.54) is 11.8 Å². The molecule has 1 saturated carbocycles. The van der Waals surface area contributed by atoms with Crippen molar-refractivity contribution in [2.24, 2.45) is 0 Å². The number of rotatable bonds is 6. The van der Waals surface area contributed by atoms with E-state index in [0.29, 0.717) is 11.9 Å². The standard InChI is InChI=1S/C23H29N3O4S/c1-14(27)18(28)12-15-2-7-19-20(15)21-22(24-13-25-23(21)31-19)30-17-5-3-16(4-6-17)26-8-10-29-11-9-26/h13,15-17H,2-12H2,1H3/t15-,16?,17?/m1/s1. The number of aryl methyl sites for hydroxylation is 1.